The van der Waals surface area contributed by atoms with Crippen molar-refractivity contribution < 1.29 is 34.0 Å². The number of nitrogens with one attached hydrogen (secondary N) is 1. The topological polar surface area (TPSA) is 118 Å². The van der Waals surface area contributed by atoms with Crippen LogP contribution in [0.25, 0.3) is 0 Å². The number of carbonyl (C=O) groups excluding carboxylic acids is 2. The number of ether oxygens (including phenoxy) is 3. The maximum Gasteiger partial charge on any atom is 0.326 e. The number of β-amino-alcohol motifs (C(OH)–C–C–N with tert-alkyl or cyclic N) is 1. The van der Waals surface area contributed by atoms with Gasteiger partial charge in [0.2, 0.25) is 0 Å². The normalized spacial score (nSPS) is 42.1. The molecule has 0 radical (unpaired) electrons. The fraction of sp³-hybridized carbons (Fsp3) is 0.833. The molecule has 0 spiro atoms. The van der Waals surface area contributed by atoms with Gasteiger partial charge in [0.05, 0.1) is 13.2 Å². The molecule has 118 valence electrons. The van der Waals surface area contributed by atoms with Crippen molar-refractivity contribution in [3.05, 3.63) is 0 Å². The van der Waals surface area contributed by atoms with E-state index in [1.807, 2.05) is 5.32 Å². The second kappa shape index (κ2) is 4.89. The van der Waals surface area contributed by atoms with E-state index in [0.29, 0.717) is 0 Å². The molecule has 3 fully saturated rings. The summed E-state index contributed by atoms with van der Waals surface area (Å²) < 4.78 is 17.0. The first-order chi connectivity index (χ1) is 9.82. The van der Waals surface area contributed by atoms with Gasteiger partial charge in [0, 0.05) is 0 Å². The van der Waals surface area contributed by atoms with Crippen molar-refractivity contribution in [3.63, 3.8) is 0 Å². The molecule has 0 saturated carbocycles. The van der Waals surface area contributed by atoms with Crippen molar-refractivity contribution in [1.82, 2.24) is 10.2 Å². The second-order valence-electron chi connectivity index (χ2n) is 5.77. The Labute approximate surface area is 120 Å². The van der Waals surface area contributed by atoms with Crippen LogP contribution in [0, 0.1) is 0 Å². The number of carbonyl (C=O) groups is 2. The van der Waals surface area contributed by atoms with E-state index in [0.717, 1.165) is 0 Å². The Balaban J connectivity index is 1.82. The van der Waals surface area contributed by atoms with Crippen LogP contribution in [0.2, 0.25) is 0 Å². The van der Waals surface area contributed by atoms with E-state index in [4.69, 9.17) is 14.2 Å². The molecule has 3 aliphatic rings. The molecule has 5 atom stereocenters. The van der Waals surface area contributed by atoms with Crippen LogP contribution >= 0.6 is 0 Å². The second-order valence-corrected chi connectivity index (χ2v) is 5.77. The molecule has 3 aliphatic heterocycles. The monoisotopic (exact) mass is 302 g/mol. The highest BCUT2D eigenvalue weighted by Crippen LogP contribution is 2.39. The molecule has 3 N–H and O–H groups in total. The summed E-state index contributed by atoms with van der Waals surface area (Å²) in [4.78, 5) is 24.4. The highest BCUT2D eigenvalue weighted by molar-refractivity contribution is 5.99. The number of rotatable bonds is 2. The Kier molecular flexibility index (Phi) is 3.41. The van der Waals surface area contributed by atoms with Crippen molar-refractivity contribution in [3.8, 4) is 0 Å². The summed E-state index contributed by atoms with van der Waals surface area (Å²) in [5.41, 5.74) is 0. The third-order valence-corrected chi connectivity index (χ3v) is 3.78. The number of amides is 3. The molecule has 21 heavy (non-hydrogen) atoms. The zero-order chi connectivity index (χ0) is 15.4. The third-order valence-electron chi connectivity index (χ3n) is 3.78. The van der Waals surface area contributed by atoms with Crippen LogP contribution in [0.1, 0.15) is 13.8 Å². The van der Waals surface area contributed by atoms with Gasteiger partial charge in [0.25, 0.3) is 5.91 Å². The van der Waals surface area contributed by atoms with E-state index in [1.165, 1.54) is 4.90 Å². The van der Waals surface area contributed by atoms with Gasteiger partial charge in [-0.3, -0.25) is 15.0 Å². The van der Waals surface area contributed by atoms with E-state index in [-0.39, 0.29) is 13.2 Å². The predicted molar refractivity (Wildman–Crippen MR) is 65.8 cm³/mol. The molecule has 9 nitrogen and oxygen atoms in total. The first kappa shape index (κ1) is 14.7. The molecule has 3 heterocycles. The van der Waals surface area contributed by atoms with Gasteiger partial charge in [-0.2, -0.15) is 0 Å². The number of aliphatic hydroxyl groups is 2. The minimum atomic E-state index is -1.33. The van der Waals surface area contributed by atoms with Gasteiger partial charge in [-0.25, -0.2) is 4.79 Å². The highest BCUT2D eigenvalue weighted by atomic mass is 16.8. The van der Waals surface area contributed by atoms with E-state index in [1.54, 1.807) is 13.8 Å². The lowest BCUT2D eigenvalue weighted by Gasteiger charge is -2.35. The smallest absolute Gasteiger partial charge is 0.326 e. The number of hydrogen-bond acceptors (Lipinski definition) is 7. The summed E-state index contributed by atoms with van der Waals surface area (Å²) >= 11 is 0. The Morgan fingerprint density at radius 1 is 1.33 bits per heavy atom. The predicted octanol–water partition coefficient (Wildman–Crippen LogP) is -1.86. The van der Waals surface area contributed by atoms with Crippen LogP contribution in [-0.2, 0) is 19.0 Å². The number of urea groups is 1. The fourth-order valence-electron chi connectivity index (χ4n) is 2.89. The zero-order valence-electron chi connectivity index (χ0n) is 11.7. The summed E-state index contributed by atoms with van der Waals surface area (Å²) in [6.45, 7) is 2.98. The molecule has 3 rings (SSSR count). The van der Waals surface area contributed by atoms with E-state index in [2.05, 4.69) is 0 Å². The van der Waals surface area contributed by atoms with Crippen LogP contribution in [0.3, 0.4) is 0 Å². The molecule has 9 heteroatoms. The Morgan fingerprint density at radius 2 is 2.00 bits per heavy atom. The van der Waals surface area contributed by atoms with Gasteiger partial charge in [-0.05, 0) is 13.8 Å². The Hall–Kier alpha value is -1.26. The largest absolute Gasteiger partial charge is 0.394 e. The van der Waals surface area contributed by atoms with Gasteiger partial charge >= 0.3 is 6.03 Å². The van der Waals surface area contributed by atoms with Gasteiger partial charge in [-0.15, -0.1) is 0 Å². The van der Waals surface area contributed by atoms with Gasteiger partial charge in [0.15, 0.2) is 18.1 Å². The van der Waals surface area contributed by atoms with Crippen LogP contribution in [0.4, 0.5) is 4.79 Å². The molecule has 0 aromatic heterocycles. The zero-order valence-corrected chi connectivity index (χ0v) is 11.7. The number of nitrogens with zero attached hydrogens (tertiary/aromatic N) is 1. The lowest BCUT2D eigenvalue weighted by atomic mass is 10.1. The van der Waals surface area contributed by atoms with Crippen molar-refractivity contribution in [2.45, 2.75) is 50.3 Å². The van der Waals surface area contributed by atoms with Gasteiger partial charge in [0.1, 0.15) is 18.3 Å². The van der Waals surface area contributed by atoms with E-state index < -0.39 is 48.4 Å². The Morgan fingerprint density at radius 3 is 2.67 bits per heavy atom. The summed E-state index contributed by atoms with van der Waals surface area (Å²) in [5, 5.41) is 21.0. The summed E-state index contributed by atoms with van der Waals surface area (Å²) in [6.07, 6.45) is -3.91. The summed E-state index contributed by atoms with van der Waals surface area (Å²) in [6, 6.07) is -0.666. The average molecular weight is 302 g/mol. The van der Waals surface area contributed by atoms with Crippen LogP contribution in [-0.4, -0.2) is 76.6 Å². The van der Waals surface area contributed by atoms with Crippen molar-refractivity contribution in [1.29, 1.82) is 0 Å². The molecule has 0 aromatic carbocycles. The minimum absolute atomic E-state index is 0.194. The number of hydrogen-bond donors (Lipinski definition) is 3. The first-order valence-corrected chi connectivity index (χ1v) is 6.74. The molecule has 3 saturated heterocycles. The Bertz CT molecular complexity index is 469. The lowest BCUT2D eigenvalue weighted by Crippen LogP contribution is -2.62. The maximum absolute atomic E-state index is 11.9. The molecule has 0 aliphatic carbocycles. The van der Waals surface area contributed by atoms with Crippen LogP contribution in [0.15, 0.2) is 0 Å². The van der Waals surface area contributed by atoms with E-state index in [9.17, 15) is 19.8 Å². The maximum atomic E-state index is 11.9. The SMILES string of the molecule is CC1(C)OC2C(CO)OC(N3CC(O)C(=O)NC3=O)C2O1. The molecule has 3 amide bonds. The lowest BCUT2D eigenvalue weighted by molar-refractivity contribution is -0.206. The molecular weight excluding hydrogens is 284 g/mol. The van der Waals surface area contributed by atoms with E-state index >= 15 is 0 Å². The number of fused-ring (bicyclic) bond motifs is 1. The quantitative estimate of drug-likeness (QED) is 0.547. The molecular formula is C12H18N2O7. The first-order valence-electron chi connectivity index (χ1n) is 6.74. The average Bonchev–Trinajstić information content (AvgIpc) is 2.87. The molecule has 5 unspecified atom stereocenters. The molecule has 0 aromatic rings. The van der Waals surface area contributed by atoms with Crippen LogP contribution < -0.4 is 5.32 Å². The number of aliphatic hydroxyl groups excluding tert-OH is 2. The minimum Gasteiger partial charge on any atom is -0.394 e. The third kappa shape index (κ3) is 2.40. The highest BCUT2D eigenvalue weighted by Gasteiger charge is 2.58. The van der Waals surface area contributed by atoms with Gasteiger partial charge in [-0.1, -0.05) is 0 Å². The number of imide groups is 1. The van der Waals surface area contributed by atoms with Crippen LogP contribution in [0.5, 0.6) is 0 Å². The summed E-state index contributed by atoms with van der Waals surface area (Å²) in [5.74, 6) is -1.60. The fourth-order valence-corrected chi connectivity index (χ4v) is 2.89. The standard InChI is InChI=1S/C12H18N2O7/c1-12(2)20-7-6(4-15)19-10(8(7)21-12)14-3-5(16)9(17)13-11(14)18/h5-8,10,15-16H,3-4H2,1-2H3,(H,13,17,18). The summed E-state index contributed by atoms with van der Waals surface area (Å²) in [7, 11) is 0. The van der Waals surface area contributed by atoms with Crippen molar-refractivity contribution in [2.75, 3.05) is 13.2 Å². The van der Waals surface area contributed by atoms with Crippen molar-refractivity contribution in [2.24, 2.45) is 0 Å². The van der Waals surface area contributed by atoms with Gasteiger partial charge < -0.3 is 24.4 Å². The van der Waals surface area contributed by atoms with Crippen molar-refractivity contribution >= 4 is 11.9 Å². The molecule has 0 bridgehead atoms.